The maximum absolute atomic E-state index is 13.9. The summed E-state index contributed by atoms with van der Waals surface area (Å²) in [6.07, 6.45) is 2.96. The second-order valence-electron chi connectivity index (χ2n) is 9.00. The van der Waals surface area contributed by atoms with Crippen molar-refractivity contribution >= 4 is 9.84 Å². The van der Waals surface area contributed by atoms with E-state index < -0.39 is 9.84 Å². The number of hydrogen-bond donors (Lipinski definition) is 0. The van der Waals surface area contributed by atoms with Gasteiger partial charge in [-0.1, -0.05) is 66.2 Å². The van der Waals surface area contributed by atoms with E-state index in [0.29, 0.717) is 15.7 Å². The van der Waals surface area contributed by atoms with Crippen LogP contribution in [-0.2, 0) is 15.3 Å². The highest BCUT2D eigenvalue weighted by Gasteiger charge is 2.71. The zero-order valence-electron chi connectivity index (χ0n) is 17.6. The number of sulfone groups is 1. The van der Waals surface area contributed by atoms with Crippen molar-refractivity contribution in [3.8, 4) is 5.75 Å². The zero-order valence-corrected chi connectivity index (χ0v) is 18.4. The first kappa shape index (κ1) is 18.9. The van der Waals surface area contributed by atoms with E-state index in [9.17, 15) is 8.42 Å². The molecule has 3 aliphatic carbocycles. The molecule has 0 heterocycles. The standard InChI is InChI=1S/C27H24O3S/c1-17-11-13-19(14-12-17)31(28,29)24-16-27(18-7-4-3-5-8-18)22-15-21(24)20-9-6-10-23(30-2)25(20)26(22)27/h3-14,16,21-22,26H,15H2,1-2H3/t21-,22+,26+,27-/m0/s1. The molecule has 3 nitrogen and oxygen atoms in total. The number of allylic oxidation sites excluding steroid dienone is 2. The monoisotopic (exact) mass is 428 g/mol. The second kappa shape index (κ2) is 6.33. The number of rotatable bonds is 4. The summed E-state index contributed by atoms with van der Waals surface area (Å²) in [7, 11) is -1.90. The van der Waals surface area contributed by atoms with Gasteiger partial charge in [-0.3, -0.25) is 0 Å². The molecule has 0 spiro atoms. The van der Waals surface area contributed by atoms with E-state index in [0.717, 1.165) is 23.3 Å². The summed E-state index contributed by atoms with van der Waals surface area (Å²) >= 11 is 0. The topological polar surface area (TPSA) is 43.4 Å². The molecule has 4 atom stereocenters. The number of hydrogen-bond acceptors (Lipinski definition) is 3. The Balaban J connectivity index is 1.62. The van der Waals surface area contributed by atoms with Gasteiger partial charge in [-0.05, 0) is 48.6 Å². The van der Waals surface area contributed by atoms with Crippen LogP contribution in [0.25, 0.3) is 0 Å². The van der Waals surface area contributed by atoms with Crippen LogP contribution in [0.4, 0.5) is 0 Å². The summed E-state index contributed by atoms with van der Waals surface area (Å²) in [5, 5.41) is 0. The van der Waals surface area contributed by atoms with Crippen molar-refractivity contribution in [1.82, 2.24) is 0 Å². The Labute approximate surface area is 183 Å². The molecule has 3 aromatic rings. The number of benzene rings is 3. The molecular weight excluding hydrogens is 404 g/mol. The lowest BCUT2D eigenvalue weighted by Crippen LogP contribution is -2.22. The Morgan fingerprint density at radius 3 is 2.39 bits per heavy atom. The summed E-state index contributed by atoms with van der Waals surface area (Å²) in [6.45, 7) is 1.97. The highest BCUT2D eigenvalue weighted by Crippen LogP contribution is 2.77. The summed E-state index contributed by atoms with van der Waals surface area (Å²) < 4.78 is 33.5. The van der Waals surface area contributed by atoms with Crippen molar-refractivity contribution in [2.24, 2.45) is 5.92 Å². The molecule has 0 aliphatic heterocycles. The molecule has 1 saturated carbocycles. The molecule has 0 unspecified atom stereocenters. The molecule has 0 saturated heterocycles. The Bertz CT molecular complexity index is 1320. The molecule has 0 aromatic heterocycles. The predicted octanol–water partition coefficient (Wildman–Crippen LogP) is 5.51. The lowest BCUT2D eigenvalue weighted by Gasteiger charge is -2.30. The van der Waals surface area contributed by atoms with Crippen molar-refractivity contribution in [2.45, 2.75) is 35.5 Å². The Kier molecular flexibility index (Phi) is 3.86. The minimum absolute atomic E-state index is 0.128. The van der Waals surface area contributed by atoms with Crippen LogP contribution in [0.1, 0.15) is 40.5 Å². The van der Waals surface area contributed by atoms with Crippen molar-refractivity contribution in [2.75, 3.05) is 7.11 Å². The average Bonchev–Trinajstić information content (AvgIpc) is 3.51. The fraction of sp³-hybridized carbons (Fsp3) is 0.259. The summed E-state index contributed by atoms with van der Waals surface area (Å²) in [4.78, 5) is 0.922. The van der Waals surface area contributed by atoms with Gasteiger partial charge < -0.3 is 4.74 Å². The first-order valence-corrected chi connectivity index (χ1v) is 12.2. The van der Waals surface area contributed by atoms with E-state index in [4.69, 9.17) is 4.74 Å². The maximum atomic E-state index is 13.9. The average molecular weight is 429 g/mol. The first-order chi connectivity index (χ1) is 15.0. The van der Waals surface area contributed by atoms with Crippen LogP contribution >= 0.6 is 0 Å². The second-order valence-corrected chi connectivity index (χ2v) is 10.9. The molecule has 4 heteroatoms. The number of methoxy groups -OCH3 is 1. The Hall–Kier alpha value is -2.85. The largest absolute Gasteiger partial charge is 0.496 e. The van der Waals surface area contributed by atoms with Gasteiger partial charge in [0.05, 0.1) is 16.9 Å². The van der Waals surface area contributed by atoms with Gasteiger partial charge in [-0.2, -0.15) is 0 Å². The van der Waals surface area contributed by atoms with Crippen molar-refractivity contribution in [3.05, 3.63) is 106 Å². The summed E-state index contributed by atoms with van der Waals surface area (Å²) in [6, 6.07) is 23.7. The van der Waals surface area contributed by atoms with E-state index in [1.165, 1.54) is 11.1 Å². The molecular formula is C27H24O3S. The van der Waals surface area contributed by atoms with Gasteiger partial charge in [-0.15, -0.1) is 0 Å². The van der Waals surface area contributed by atoms with Crippen LogP contribution in [-0.4, -0.2) is 15.5 Å². The lowest BCUT2D eigenvalue weighted by molar-refractivity contribution is 0.405. The SMILES string of the molecule is COc1cccc2c1[C@H]1[C@H]3C[C@@H]2C(S(=O)(=O)c2ccc(C)cc2)=C[C@]31c1ccccc1. The summed E-state index contributed by atoms with van der Waals surface area (Å²) in [5.41, 5.74) is 4.26. The van der Waals surface area contributed by atoms with Crippen molar-refractivity contribution < 1.29 is 13.2 Å². The van der Waals surface area contributed by atoms with Gasteiger partial charge >= 0.3 is 0 Å². The van der Waals surface area contributed by atoms with Gasteiger partial charge in [0.25, 0.3) is 0 Å². The fourth-order valence-corrected chi connectivity index (χ4v) is 7.85. The van der Waals surface area contributed by atoms with Crippen LogP contribution in [0.3, 0.4) is 0 Å². The van der Waals surface area contributed by atoms with E-state index in [1.807, 2.05) is 49.4 Å². The molecule has 3 aromatic carbocycles. The number of ether oxygens (including phenoxy) is 1. The highest BCUT2D eigenvalue weighted by molar-refractivity contribution is 7.95. The van der Waals surface area contributed by atoms with Gasteiger partial charge in [0.15, 0.2) is 0 Å². The Morgan fingerprint density at radius 1 is 0.935 bits per heavy atom. The normalized spacial score (nSPS) is 27.8. The number of aryl methyl sites for hydroxylation is 1. The van der Waals surface area contributed by atoms with Crippen LogP contribution in [0.15, 0.2) is 88.7 Å². The molecule has 6 rings (SSSR count). The summed E-state index contributed by atoms with van der Waals surface area (Å²) in [5.74, 6) is 1.40. The maximum Gasteiger partial charge on any atom is 0.203 e. The Morgan fingerprint density at radius 2 is 1.68 bits per heavy atom. The predicted molar refractivity (Wildman–Crippen MR) is 121 cm³/mol. The van der Waals surface area contributed by atoms with Crippen molar-refractivity contribution in [1.29, 1.82) is 0 Å². The van der Waals surface area contributed by atoms with E-state index in [-0.39, 0.29) is 17.3 Å². The quantitative estimate of drug-likeness (QED) is 0.550. The van der Waals surface area contributed by atoms with E-state index >= 15 is 0 Å². The van der Waals surface area contributed by atoms with E-state index in [1.54, 1.807) is 19.2 Å². The van der Waals surface area contributed by atoms with Gasteiger partial charge in [0, 0.05) is 22.8 Å². The zero-order chi connectivity index (χ0) is 21.4. The number of fused-ring (bicyclic) bond motifs is 5. The van der Waals surface area contributed by atoms with Crippen LogP contribution in [0.2, 0.25) is 0 Å². The lowest BCUT2D eigenvalue weighted by atomic mass is 9.80. The minimum Gasteiger partial charge on any atom is -0.496 e. The molecule has 2 bridgehead atoms. The van der Waals surface area contributed by atoms with Gasteiger partial charge in [-0.25, -0.2) is 8.42 Å². The first-order valence-electron chi connectivity index (χ1n) is 10.8. The van der Waals surface area contributed by atoms with E-state index in [2.05, 4.69) is 24.3 Å². The fourth-order valence-electron chi connectivity index (χ4n) is 6.13. The molecule has 0 amide bonds. The molecule has 0 radical (unpaired) electrons. The smallest absolute Gasteiger partial charge is 0.203 e. The van der Waals surface area contributed by atoms with Gasteiger partial charge in [0.2, 0.25) is 9.84 Å². The van der Waals surface area contributed by atoms with Crippen molar-refractivity contribution in [3.63, 3.8) is 0 Å². The molecule has 156 valence electrons. The van der Waals surface area contributed by atoms with Crippen LogP contribution in [0.5, 0.6) is 5.75 Å². The third-order valence-electron chi connectivity index (χ3n) is 7.56. The van der Waals surface area contributed by atoms with Crippen LogP contribution < -0.4 is 4.74 Å². The molecule has 0 N–H and O–H groups in total. The molecule has 31 heavy (non-hydrogen) atoms. The van der Waals surface area contributed by atoms with Crippen LogP contribution in [0, 0.1) is 12.8 Å². The highest BCUT2D eigenvalue weighted by atomic mass is 32.2. The third-order valence-corrected chi connectivity index (χ3v) is 9.47. The molecule has 1 fully saturated rings. The molecule has 3 aliphatic rings. The third kappa shape index (κ3) is 2.43. The van der Waals surface area contributed by atoms with Gasteiger partial charge in [0.1, 0.15) is 5.75 Å². The minimum atomic E-state index is -3.61.